The van der Waals surface area contributed by atoms with E-state index in [1.165, 1.54) is 5.56 Å². The largest absolute Gasteiger partial charge is 0.304 e. The van der Waals surface area contributed by atoms with Gasteiger partial charge in [0.05, 0.1) is 12.3 Å². The fourth-order valence-corrected chi connectivity index (χ4v) is 1.53. The molecule has 1 heterocycles. The maximum Gasteiger partial charge on any atom is 0.0720 e. The molecule has 0 unspecified atom stereocenters. The van der Waals surface area contributed by atoms with E-state index in [9.17, 15) is 0 Å². The number of nitrogens with zero attached hydrogens (tertiary/aromatic N) is 2. The van der Waals surface area contributed by atoms with Crippen molar-refractivity contribution in [3.05, 3.63) is 48.3 Å². The quantitative estimate of drug-likeness (QED) is 0.762. The third kappa shape index (κ3) is 2.23. The molecule has 2 aromatic rings. The average Bonchev–Trinajstić information content (AvgIpc) is 2.80. The van der Waals surface area contributed by atoms with Crippen molar-refractivity contribution in [2.75, 3.05) is 6.61 Å². The van der Waals surface area contributed by atoms with Gasteiger partial charge < -0.3 is 4.84 Å². The van der Waals surface area contributed by atoms with Crippen LogP contribution < -0.4 is 5.90 Å². The molecule has 1 aromatic heterocycles. The lowest BCUT2D eigenvalue weighted by Crippen LogP contribution is -2.07. The van der Waals surface area contributed by atoms with Crippen molar-refractivity contribution in [2.24, 2.45) is 5.90 Å². The SMILES string of the molecule is NOCCc1ccccc1-n1cccn1. The minimum absolute atomic E-state index is 0.512. The van der Waals surface area contributed by atoms with Crippen LogP contribution in [0.3, 0.4) is 0 Å². The van der Waals surface area contributed by atoms with E-state index in [4.69, 9.17) is 5.90 Å². The normalized spacial score (nSPS) is 10.5. The zero-order valence-electron chi connectivity index (χ0n) is 8.34. The highest BCUT2D eigenvalue weighted by Gasteiger charge is 2.03. The highest BCUT2D eigenvalue weighted by Crippen LogP contribution is 2.13. The lowest BCUT2D eigenvalue weighted by atomic mass is 10.1. The van der Waals surface area contributed by atoms with Gasteiger partial charge in [0.15, 0.2) is 0 Å². The first kappa shape index (κ1) is 9.89. The second-order valence-electron chi connectivity index (χ2n) is 3.20. The molecule has 0 saturated carbocycles. The topological polar surface area (TPSA) is 53.1 Å². The van der Waals surface area contributed by atoms with E-state index in [-0.39, 0.29) is 0 Å². The third-order valence-corrected chi connectivity index (χ3v) is 2.23. The smallest absolute Gasteiger partial charge is 0.0720 e. The molecule has 4 heteroatoms. The van der Waals surface area contributed by atoms with E-state index >= 15 is 0 Å². The summed E-state index contributed by atoms with van der Waals surface area (Å²) in [5.74, 6) is 5.02. The molecule has 4 nitrogen and oxygen atoms in total. The van der Waals surface area contributed by atoms with Gasteiger partial charge >= 0.3 is 0 Å². The van der Waals surface area contributed by atoms with E-state index in [2.05, 4.69) is 16.0 Å². The number of rotatable bonds is 4. The highest BCUT2D eigenvalue weighted by atomic mass is 16.6. The molecule has 0 amide bonds. The van der Waals surface area contributed by atoms with Crippen molar-refractivity contribution >= 4 is 0 Å². The van der Waals surface area contributed by atoms with Crippen molar-refractivity contribution in [2.45, 2.75) is 6.42 Å². The van der Waals surface area contributed by atoms with E-state index in [0.29, 0.717) is 6.61 Å². The molecule has 2 rings (SSSR count). The molecule has 0 fully saturated rings. The fraction of sp³-hybridized carbons (Fsp3) is 0.182. The minimum Gasteiger partial charge on any atom is -0.304 e. The van der Waals surface area contributed by atoms with Crippen molar-refractivity contribution < 1.29 is 4.84 Å². The van der Waals surface area contributed by atoms with Crippen LogP contribution in [0.5, 0.6) is 0 Å². The van der Waals surface area contributed by atoms with Gasteiger partial charge in [-0.1, -0.05) is 18.2 Å². The second-order valence-corrected chi connectivity index (χ2v) is 3.20. The lowest BCUT2D eigenvalue weighted by molar-refractivity contribution is 0.141. The fourth-order valence-electron chi connectivity index (χ4n) is 1.53. The van der Waals surface area contributed by atoms with Gasteiger partial charge in [0, 0.05) is 12.4 Å². The van der Waals surface area contributed by atoms with Crippen molar-refractivity contribution in [1.82, 2.24) is 9.78 Å². The number of para-hydroxylation sites is 1. The van der Waals surface area contributed by atoms with Crippen LogP contribution in [0.2, 0.25) is 0 Å². The molecule has 15 heavy (non-hydrogen) atoms. The Morgan fingerprint density at radius 3 is 2.87 bits per heavy atom. The Labute approximate surface area is 88.2 Å². The van der Waals surface area contributed by atoms with Gasteiger partial charge in [-0.15, -0.1) is 0 Å². The monoisotopic (exact) mass is 203 g/mol. The molecule has 1 aromatic carbocycles. The Morgan fingerprint density at radius 1 is 1.27 bits per heavy atom. The molecule has 0 saturated heterocycles. The number of hydrogen-bond donors (Lipinski definition) is 1. The Balaban J connectivity index is 2.30. The molecule has 0 radical (unpaired) electrons. The molecule has 0 bridgehead atoms. The molecule has 0 aliphatic heterocycles. The van der Waals surface area contributed by atoms with Gasteiger partial charge in [-0.05, 0) is 24.1 Å². The summed E-state index contributed by atoms with van der Waals surface area (Å²) >= 11 is 0. The molecule has 2 N–H and O–H groups in total. The number of nitrogens with two attached hydrogens (primary N) is 1. The second kappa shape index (κ2) is 4.72. The number of hydrogen-bond acceptors (Lipinski definition) is 3. The van der Waals surface area contributed by atoms with Gasteiger partial charge in [-0.2, -0.15) is 5.10 Å². The predicted octanol–water partition coefficient (Wildman–Crippen LogP) is 1.31. The van der Waals surface area contributed by atoms with Crippen LogP contribution in [0, 0.1) is 0 Å². The number of benzene rings is 1. The summed E-state index contributed by atoms with van der Waals surface area (Å²) in [7, 11) is 0. The highest BCUT2D eigenvalue weighted by molar-refractivity contribution is 5.40. The summed E-state index contributed by atoms with van der Waals surface area (Å²) in [5.41, 5.74) is 2.24. The summed E-state index contributed by atoms with van der Waals surface area (Å²) in [6, 6.07) is 9.97. The first-order valence-electron chi connectivity index (χ1n) is 4.81. The lowest BCUT2D eigenvalue weighted by Gasteiger charge is -2.08. The van der Waals surface area contributed by atoms with E-state index < -0.39 is 0 Å². The predicted molar refractivity (Wildman–Crippen MR) is 57.4 cm³/mol. The van der Waals surface area contributed by atoms with Crippen LogP contribution >= 0.6 is 0 Å². The maximum absolute atomic E-state index is 5.02. The average molecular weight is 203 g/mol. The van der Waals surface area contributed by atoms with Crippen LogP contribution in [-0.2, 0) is 11.3 Å². The Hall–Kier alpha value is -1.65. The van der Waals surface area contributed by atoms with E-state index in [0.717, 1.165) is 12.1 Å². The minimum atomic E-state index is 0.512. The molecule has 78 valence electrons. The molecular weight excluding hydrogens is 190 g/mol. The maximum atomic E-state index is 5.02. The standard InChI is InChI=1S/C11H13N3O/c12-15-9-6-10-4-1-2-5-11(10)14-8-3-7-13-14/h1-5,7-8H,6,9,12H2. The molecule has 0 aliphatic rings. The van der Waals surface area contributed by atoms with Crippen molar-refractivity contribution in [3.8, 4) is 5.69 Å². The van der Waals surface area contributed by atoms with E-state index in [1.54, 1.807) is 6.20 Å². The Bertz CT molecular complexity index is 412. The third-order valence-electron chi connectivity index (χ3n) is 2.23. The first-order chi connectivity index (χ1) is 7.42. The van der Waals surface area contributed by atoms with Crippen LogP contribution in [0.15, 0.2) is 42.7 Å². The molecule has 0 atom stereocenters. The van der Waals surface area contributed by atoms with Crippen molar-refractivity contribution in [1.29, 1.82) is 0 Å². The van der Waals surface area contributed by atoms with Gasteiger partial charge in [0.2, 0.25) is 0 Å². The summed E-state index contributed by atoms with van der Waals surface area (Å²) in [5, 5.41) is 4.20. The summed E-state index contributed by atoms with van der Waals surface area (Å²) < 4.78 is 1.84. The van der Waals surface area contributed by atoms with E-state index in [1.807, 2.05) is 35.1 Å². The summed E-state index contributed by atoms with van der Waals surface area (Å²) in [4.78, 5) is 4.59. The van der Waals surface area contributed by atoms with Crippen LogP contribution in [0.25, 0.3) is 5.69 Å². The van der Waals surface area contributed by atoms with Crippen LogP contribution in [-0.4, -0.2) is 16.4 Å². The van der Waals surface area contributed by atoms with Crippen molar-refractivity contribution in [3.63, 3.8) is 0 Å². The van der Waals surface area contributed by atoms with Gasteiger partial charge in [0.1, 0.15) is 0 Å². The Kier molecular flexibility index (Phi) is 3.11. The molecular formula is C11H13N3O. The molecule has 0 spiro atoms. The summed E-state index contributed by atoms with van der Waals surface area (Å²) in [6.07, 6.45) is 4.46. The molecule has 0 aliphatic carbocycles. The zero-order valence-corrected chi connectivity index (χ0v) is 8.34. The Morgan fingerprint density at radius 2 is 2.13 bits per heavy atom. The van der Waals surface area contributed by atoms with Gasteiger partial charge in [-0.3, -0.25) is 0 Å². The van der Waals surface area contributed by atoms with Gasteiger partial charge in [0.25, 0.3) is 0 Å². The van der Waals surface area contributed by atoms with Gasteiger partial charge in [-0.25, -0.2) is 10.6 Å². The van der Waals surface area contributed by atoms with Crippen LogP contribution in [0.4, 0.5) is 0 Å². The van der Waals surface area contributed by atoms with Crippen LogP contribution in [0.1, 0.15) is 5.56 Å². The zero-order chi connectivity index (χ0) is 10.5. The number of aromatic nitrogens is 2. The first-order valence-corrected chi connectivity index (χ1v) is 4.81. The summed E-state index contributed by atoms with van der Waals surface area (Å²) in [6.45, 7) is 0.512.